The summed E-state index contributed by atoms with van der Waals surface area (Å²) in [5.74, 6) is 0. The summed E-state index contributed by atoms with van der Waals surface area (Å²) in [5.41, 5.74) is 13.2. The predicted octanol–water partition coefficient (Wildman–Crippen LogP) is 14.7. The van der Waals surface area contributed by atoms with Crippen molar-refractivity contribution in [2.75, 3.05) is 5.32 Å². The molecule has 10 aromatic carbocycles. The Balaban J connectivity index is 1.04. The highest BCUT2D eigenvalue weighted by Crippen LogP contribution is 2.46. The van der Waals surface area contributed by atoms with Gasteiger partial charge >= 0.3 is 0 Å². The fraction of sp³-hybridized carbons (Fsp3) is 0.0357. The second kappa shape index (κ2) is 15.7. The standard InChI is InChI=1S/C56H42N2/c1-4-18-40(19-5-1)45-25-12-15-30-50(45)56(58-52-31-17-16-26-46(52)41-20-6-2-7-21-41)57-38-39-32-34-44(35-33-39)53-48-28-13-14-29-49(48)54(43-23-8-3-9-24-43)55-47-27-11-10-22-42(47)36-37-51(53)55/h1-37,56-58H,38H2. The summed E-state index contributed by atoms with van der Waals surface area (Å²) in [6.45, 7) is 0.674. The van der Waals surface area contributed by atoms with E-state index in [1.807, 2.05) is 0 Å². The minimum absolute atomic E-state index is 0.173. The summed E-state index contributed by atoms with van der Waals surface area (Å²) in [7, 11) is 0. The first-order chi connectivity index (χ1) is 28.8. The van der Waals surface area contributed by atoms with E-state index in [2.05, 4.69) is 235 Å². The quantitative estimate of drug-likeness (QED) is 0.0828. The van der Waals surface area contributed by atoms with E-state index in [4.69, 9.17) is 0 Å². The maximum absolute atomic E-state index is 3.94. The summed E-state index contributed by atoms with van der Waals surface area (Å²) < 4.78 is 0. The Morgan fingerprint density at radius 3 is 1.57 bits per heavy atom. The van der Waals surface area contributed by atoms with Gasteiger partial charge in [0.15, 0.2) is 0 Å². The lowest BCUT2D eigenvalue weighted by atomic mass is 9.84. The molecule has 0 amide bonds. The van der Waals surface area contributed by atoms with Gasteiger partial charge in [-0.2, -0.15) is 0 Å². The second-order valence-corrected chi connectivity index (χ2v) is 14.9. The molecule has 0 saturated carbocycles. The van der Waals surface area contributed by atoms with E-state index in [-0.39, 0.29) is 6.17 Å². The highest BCUT2D eigenvalue weighted by Gasteiger charge is 2.20. The Labute approximate surface area is 340 Å². The van der Waals surface area contributed by atoms with Crippen LogP contribution in [0.3, 0.4) is 0 Å². The zero-order valence-electron chi connectivity index (χ0n) is 32.1. The molecule has 0 fully saturated rings. The third-order valence-electron chi connectivity index (χ3n) is 11.4. The van der Waals surface area contributed by atoms with Crippen molar-refractivity contribution in [3.63, 3.8) is 0 Å². The number of rotatable bonds is 10. The van der Waals surface area contributed by atoms with Gasteiger partial charge in [0, 0.05) is 17.8 Å². The maximum Gasteiger partial charge on any atom is 0.104 e. The molecule has 0 saturated heterocycles. The third-order valence-corrected chi connectivity index (χ3v) is 11.4. The molecule has 0 aliphatic carbocycles. The summed E-state index contributed by atoms with van der Waals surface area (Å²) in [5, 5.41) is 15.5. The Morgan fingerprint density at radius 1 is 0.345 bits per heavy atom. The highest BCUT2D eigenvalue weighted by atomic mass is 15.1. The lowest BCUT2D eigenvalue weighted by molar-refractivity contribution is 0.588. The molecule has 10 rings (SSSR count). The Bertz CT molecular complexity index is 3010. The van der Waals surface area contributed by atoms with Gasteiger partial charge < -0.3 is 5.32 Å². The normalized spacial score (nSPS) is 11.9. The molecule has 2 N–H and O–H groups in total. The average Bonchev–Trinajstić information content (AvgIpc) is 3.30. The number of para-hydroxylation sites is 1. The topological polar surface area (TPSA) is 24.1 Å². The second-order valence-electron chi connectivity index (χ2n) is 14.9. The third kappa shape index (κ3) is 6.70. The van der Waals surface area contributed by atoms with E-state index in [0.29, 0.717) is 6.54 Å². The predicted molar refractivity (Wildman–Crippen MR) is 247 cm³/mol. The van der Waals surface area contributed by atoms with Gasteiger partial charge in [0.05, 0.1) is 0 Å². The highest BCUT2D eigenvalue weighted by molar-refractivity contribution is 6.27. The SMILES string of the molecule is c1ccc(-c2ccccc2NC(NCc2ccc(-c3c4ccccc4c(-c4ccccc4)c4c3ccc3ccccc34)cc2)c2ccccc2-c2ccccc2)cc1. The van der Waals surface area contributed by atoms with Crippen molar-refractivity contribution in [3.05, 3.63) is 236 Å². The molecule has 1 unspecified atom stereocenters. The fourth-order valence-corrected chi connectivity index (χ4v) is 8.67. The summed E-state index contributed by atoms with van der Waals surface area (Å²) >= 11 is 0. The molecule has 0 aliphatic rings. The zero-order chi connectivity index (χ0) is 38.7. The van der Waals surface area contributed by atoms with Gasteiger partial charge in [0.2, 0.25) is 0 Å². The number of hydrogen-bond acceptors (Lipinski definition) is 2. The Morgan fingerprint density at radius 2 is 0.862 bits per heavy atom. The monoisotopic (exact) mass is 742 g/mol. The van der Waals surface area contributed by atoms with Crippen LogP contribution in [0.15, 0.2) is 224 Å². The van der Waals surface area contributed by atoms with Crippen LogP contribution >= 0.6 is 0 Å². The van der Waals surface area contributed by atoms with Gasteiger partial charge in [-0.25, -0.2) is 0 Å². The summed E-state index contributed by atoms with van der Waals surface area (Å²) in [6, 6.07) is 81.0. The van der Waals surface area contributed by atoms with Crippen LogP contribution in [-0.2, 0) is 6.54 Å². The maximum atomic E-state index is 3.94. The van der Waals surface area contributed by atoms with Crippen LogP contribution in [0, 0.1) is 0 Å². The van der Waals surface area contributed by atoms with Crippen molar-refractivity contribution in [2.24, 2.45) is 0 Å². The van der Waals surface area contributed by atoms with Gasteiger partial charge in [-0.3, -0.25) is 5.32 Å². The van der Waals surface area contributed by atoms with Crippen LogP contribution < -0.4 is 10.6 Å². The molecule has 10 aromatic rings. The smallest absolute Gasteiger partial charge is 0.104 e. The lowest BCUT2D eigenvalue weighted by Crippen LogP contribution is -2.28. The van der Waals surface area contributed by atoms with E-state index in [1.54, 1.807) is 0 Å². The van der Waals surface area contributed by atoms with Gasteiger partial charge in [0.1, 0.15) is 6.17 Å². The Kier molecular flexibility index (Phi) is 9.52. The summed E-state index contributed by atoms with van der Waals surface area (Å²) in [4.78, 5) is 0. The van der Waals surface area contributed by atoms with Crippen molar-refractivity contribution >= 4 is 38.0 Å². The molecule has 0 heterocycles. The van der Waals surface area contributed by atoms with Crippen LogP contribution in [0.1, 0.15) is 17.3 Å². The van der Waals surface area contributed by atoms with Crippen molar-refractivity contribution in [1.29, 1.82) is 0 Å². The van der Waals surface area contributed by atoms with Gasteiger partial charge in [-0.05, 0) is 88.5 Å². The van der Waals surface area contributed by atoms with Gasteiger partial charge in [-0.1, -0.05) is 218 Å². The molecule has 2 heteroatoms. The first-order valence-corrected chi connectivity index (χ1v) is 20.1. The van der Waals surface area contributed by atoms with Crippen molar-refractivity contribution in [2.45, 2.75) is 12.7 Å². The Hall–Kier alpha value is -7.26. The molecule has 0 aliphatic heterocycles. The van der Waals surface area contributed by atoms with E-state index in [1.165, 1.54) is 88.0 Å². The molecule has 0 bridgehead atoms. The number of hydrogen-bond donors (Lipinski definition) is 2. The zero-order valence-corrected chi connectivity index (χ0v) is 32.1. The number of benzene rings is 10. The number of fused-ring (bicyclic) bond motifs is 4. The molecule has 58 heavy (non-hydrogen) atoms. The van der Waals surface area contributed by atoms with Crippen LogP contribution in [0.25, 0.3) is 76.8 Å². The number of nitrogens with one attached hydrogen (secondary N) is 2. The molecule has 1 atom stereocenters. The van der Waals surface area contributed by atoms with Gasteiger partial charge in [0.25, 0.3) is 0 Å². The van der Waals surface area contributed by atoms with E-state index in [9.17, 15) is 0 Å². The molecular weight excluding hydrogens is 701 g/mol. The van der Waals surface area contributed by atoms with Crippen LogP contribution in [0.2, 0.25) is 0 Å². The fourth-order valence-electron chi connectivity index (χ4n) is 8.67. The number of anilines is 1. The van der Waals surface area contributed by atoms with Crippen LogP contribution in [0.5, 0.6) is 0 Å². The molecule has 0 radical (unpaired) electrons. The van der Waals surface area contributed by atoms with Crippen molar-refractivity contribution in [3.8, 4) is 44.5 Å². The molecule has 2 nitrogen and oxygen atoms in total. The molecular formula is C56H42N2. The van der Waals surface area contributed by atoms with E-state index in [0.717, 1.165) is 5.69 Å². The first kappa shape index (κ1) is 35.2. The molecule has 0 spiro atoms. The minimum Gasteiger partial charge on any atom is -0.365 e. The van der Waals surface area contributed by atoms with Crippen molar-refractivity contribution < 1.29 is 0 Å². The summed E-state index contributed by atoms with van der Waals surface area (Å²) in [6.07, 6.45) is -0.173. The molecule has 0 aromatic heterocycles. The van der Waals surface area contributed by atoms with E-state index < -0.39 is 0 Å². The largest absolute Gasteiger partial charge is 0.365 e. The first-order valence-electron chi connectivity index (χ1n) is 20.1. The lowest BCUT2D eigenvalue weighted by Gasteiger charge is -2.26. The van der Waals surface area contributed by atoms with E-state index >= 15 is 0 Å². The van der Waals surface area contributed by atoms with Crippen LogP contribution in [-0.4, -0.2) is 0 Å². The average molecular weight is 743 g/mol. The minimum atomic E-state index is -0.173. The van der Waals surface area contributed by atoms with Crippen molar-refractivity contribution in [1.82, 2.24) is 5.32 Å². The molecule has 276 valence electrons. The van der Waals surface area contributed by atoms with Gasteiger partial charge in [-0.15, -0.1) is 0 Å². The van der Waals surface area contributed by atoms with Crippen LogP contribution in [0.4, 0.5) is 5.69 Å².